The number of nitrogens with one attached hydrogen (secondary N) is 1. The monoisotopic (exact) mass is 362 g/mol. The molecule has 0 saturated carbocycles. The summed E-state index contributed by atoms with van der Waals surface area (Å²) in [5.74, 6) is 0.0547. The van der Waals surface area contributed by atoms with Gasteiger partial charge in [-0.05, 0) is 35.2 Å². The summed E-state index contributed by atoms with van der Waals surface area (Å²) in [6.07, 6.45) is 0. The van der Waals surface area contributed by atoms with Crippen molar-refractivity contribution >= 4 is 28.9 Å². The van der Waals surface area contributed by atoms with E-state index in [-0.39, 0.29) is 28.4 Å². The molecule has 1 amide bonds. The van der Waals surface area contributed by atoms with Crippen LogP contribution in [0.3, 0.4) is 0 Å². The number of nitrogens with zero attached hydrogens (tertiary/aromatic N) is 1. The number of ether oxygens (including phenoxy) is 1. The van der Waals surface area contributed by atoms with E-state index in [0.717, 1.165) is 5.56 Å². The Morgan fingerprint density at radius 1 is 1.20 bits per heavy atom. The Morgan fingerprint density at radius 3 is 2.40 bits per heavy atom. The van der Waals surface area contributed by atoms with Crippen LogP contribution in [0, 0.1) is 10.1 Å². The van der Waals surface area contributed by atoms with Gasteiger partial charge in [0.1, 0.15) is 11.4 Å². The molecule has 0 fully saturated rings. The minimum atomic E-state index is -0.604. The third kappa shape index (κ3) is 5.19. The molecule has 7 heteroatoms. The zero-order valence-electron chi connectivity index (χ0n) is 14.2. The Morgan fingerprint density at radius 2 is 1.84 bits per heavy atom. The van der Waals surface area contributed by atoms with Crippen molar-refractivity contribution in [3.8, 4) is 5.75 Å². The van der Waals surface area contributed by atoms with Gasteiger partial charge in [0.05, 0.1) is 4.92 Å². The molecule has 1 N–H and O–H groups in total. The number of rotatable bonds is 5. The fourth-order valence-electron chi connectivity index (χ4n) is 2.15. The standard InChI is InChI=1S/C18H19ClN2O4/c1-18(2,3)12-4-7-14(8-5-12)25-11-17(22)20-15-9-6-13(19)10-16(15)21(23)24/h4-10H,11H2,1-3H3,(H,20,22). The van der Waals surface area contributed by atoms with Crippen LogP contribution in [-0.2, 0) is 10.2 Å². The molecule has 0 aliphatic rings. The second kappa shape index (κ2) is 7.53. The maximum absolute atomic E-state index is 12.0. The van der Waals surface area contributed by atoms with E-state index >= 15 is 0 Å². The number of amides is 1. The molecule has 0 radical (unpaired) electrons. The first-order valence-corrected chi connectivity index (χ1v) is 8.02. The number of hydrogen-bond acceptors (Lipinski definition) is 4. The molecule has 0 aliphatic carbocycles. The normalized spacial score (nSPS) is 11.0. The lowest BCUT2D eigenvalue weighted by Gasteiger charge is -2.19. The molecular formula is C18H19ClN2O4. The van der Waals surface area contributed by atoms with Crippen LogP contribution in [0.25, 0.3) is 0 Å². The highest BCUT2D eigenvalue weighted by Crippen LogP contribution is 2.28. The van der Waals surface area contributed by atoms with Crippen LogP contribution in [-0.4, -0.2) is 17.4 Å². The lowest BCUT2D eigenvalue weighted by atomic mass is 9.87. The number of anilines is 1. The van der Waals surface area contributed by atoms with Gasteiger partial charge in [-0.1, -0.05) is 44.5 Å². The molecule has 132 valence electrons. The van der Waals surface area contributed by atoms with Crippen LogP contribution in [0.15, 0.2) is 42.5 Å². The summed E-state index contributed by atoms with van der Waals surface area (Å²) >= 11 is 5.74. The Balaban J connectivity index is 1.99. The van der Waals surface area contributed by atoms with E-state index in [0.29, 0.717) is 5.75 Å². The smallest absolute Gasteiger partial charge is 0.294 e. The highest BCUT2D eigenvalue weighted by Gasteiger charge is 2.17. The van der Waals surface area contributed by atoms with Gasteiger partial charge in [0.2, 0.25) is 0 Å². The maximum Gasteiger partial charge on any atom is 0.294 e. The van der Waals surface area contributed by atoms with E-state index < -0.39 is 10.8 Å². The average molecular weight is 363 g/mol. The van der Waals surface area contributed by atoms with Gasteiger partial charge in [0.25, 0.3) is 11.6 Å². The molecule has 0 bridgehead atoms. The first-order valence-electron chi connectivity index (χ1n) is 7.64. The zero-order chi connectivity index (χ0) is 18.6. The Bertz CT molecular complexity index is 783. The van der Waals surface area contributed by atoms with Crippen LogP contribution in [0.2, 0.25) is 5.02 Å². The number of carbonyl (C=O) groups excluding carboxylic acids is 1. The molecular weight excluding hydrogens is 344 g/mol. The predicted molar refractivity (Wildman–Crippen MR) is 97.4 cm³/mol. The van der Waals surface area contributed by atoms with Gasteiger partial charge in [-0.25, -0.2) is 0 Å². The highest BCUT2D eigenvalue weighted by atomic mass is 35.5. The Labute approximate surface area is 150 Å². The predicted octanol–water partition coefficient (Wildman–Crippen LogP) is 4.56. The molecule has 0 aromatic heterocycles. The summed E-state index contributed by atoms with van der Waals surface area (Å²) in [7, 11) is 0. The van der Waals surface area contributed by atoms with E-state index in [9.17, 15) is 14.9 Å². The number of halogens is 1. The summed E-state index contributed by atoms with van der Waals surface area (Å²) in [4.78, 5) is 22.4. The van der Waals surface area contributed by atoms with Crippen molar-refractivity contribution < 1.29 is 14.5 Å². The second-order valence-corrected chi connectivity index (χ2v) is 6.97. The van der Waals surface area contributed by atoms with Gasteiger partial charge in [-0.15, -0.1) is 0 Å². The number of carbonyl (C=O) groups is 1. The number of benzene rings is 2. The first-order chi connectivity index (χ1) is 11.7. The van der Waals surface area contributed by atoms with E-state index in [1.54, 1.807) is 12.1 Å². The van der Waals surface area contributed by atoms with Crippen LogP contribution >= 0.6 is 11.6 Å². The lowest BCUT2D eigenvalue weighted by molar-refractivity contribution is -0.383. The number of hydrogen-bond donors (Lipinski definition) is 1. The summed E-state index contributed by atoms with van der Waals surface area (Å²) in [6.45, 7) is 6.06. The molecule has 0 spiro atoms. The van der Waals surface area contributed by atoms with Crippen molar-refractivity contribution in [3.63, 3.8) is 0 Å². The van der Waals surface area contributed by atoms with Crippen LogP contribution in [0.1, 0.15) is 26.3 Å². The van der Waals surface area contributed by atoms with E-state index in [4.69, 9.17) is 16.3 Å². The van der Waals surface area contributed by atoms with Crippen LogP contribution in [0.5, 0.6) is 5.75 Å². The molecule has 2 aromatic rings. The molecule has 0 aliphatic heterocycles. The van der Waals surface area contributed by atoms with Gasteiger partial charge in [-0.3, -0.25) is 14.9 Å². The van der Waals surface area contributed by atoms with Crippen molar-refractivity contribution in [2.24, 2.45) is 0 Å². The fourth-order valence-corrected chi connectivity index (χ4v) is 2.31. The van der Waals surface area contributed by atoms with Crippen LogP contribution in [0.4, 0.5) is 11.4 Å². The van der Waals surface area contributed by atoms with Crippen molar-refractivity contribution in [1.82, 2.24) is 0 Å². The molecule has 2 rings (SSSR count). The molecule has 0 heterocycles. The SMILES string of the molecule is CC(C)(C)c1ccc(OCC(=O)Nc2ccc(Cl)cc2[N+](=O)[O-])cc1. The third-order valence-electron chi connectivity index (χ3n) is 3.52. The van der Waals surface area contributed by atoms with Gasteiger partial charge >= 0.3 is 0 Å². The largest absolute Gasteiger partial charge is 0.484 e. The summed E-state index contributed by atoms with van der Waals surface area (Å²) in [5, 5.41) is 13.7. The van der Waals surface area contributed by atoms with Gasteiger partial charge in [0.15, 0.2) is 6.61 Å². The molecule has 25 heavy (non-hydrogen) atoms. The van der Waals surface area contributed by atoms with Crippen molar-refractivity contribution in [3.05, 3.63) is 63.2 Å². The molecule has 0 atom stereocenters. The minimum absolute atomic E-state index is 0.0312. The second-order valence-electron chi connectivity index (χ2n) is 6.53. The topological polar surface area (TPSA) is 81.5 Å². The lowest BCUT2D eigenvalue weighted by Crippen LogP contribution is -2.20. The fraction of sp³-hybridized carbons (Fsp3) is 0.278. The third-order valence-corrected chi connectivity index (χ3v) is 3.76. The molecule has 6 nitrogen and oxygen atoms in total. The molecule has 0 saturated heterocycles. The zero-order valence-corrected chi connectivity index (χ0v) is 15.0. The Kier molecular flexibility index (Phi) is 5.64. The highest BCUT2D eigenvalue weighted by molar-refractivity contribution is 6.31. The van der Waals surface area contributed by atoms with E-state index in [1.165, 1.54) is 18.2 Å². The van der Waals surface area contributed by atoms with Gasteiger partial charge in [0, 0.05) is 11.1 Å². The molecule has 0 unspecified atom stereocenters. The quantitative estimate of drug-likeness (QED) is 0.624. The van der Waals surface area contributed by atoms with Crippen molar-refractivity contribution in [2.45, 2.75) is 26.2 Å². The van der Waals surface area contributed by atoms with Crippen LogP contribution < -0.4 is 10.1 Å². The minimum Gasteiger partial charge on any atom is -0.484 e. The molecule has 2 aromatic carbocycles. The summed E-state index contributed by atoms with van der Waals surface area (Å²) < 4.78 is 5.42. The van der Waals surface area contributed by atoms with E-state index in [2.05, 4.69) is 26.1 Å². The van der Waals surface area contributed by atoms with Crippen molar-refractivity contribution in [1.29, 1.82) is 0 Å². The number of nitro benzene ring substituents is 1. The summed E-state index contributed by atoms with van der Waals surface area (Å²) in [6, 6.07) is 11.5. The number of nitro groups is 1. The average Bonchev–Trinajstić information content (AvgIpc) is 2.54. The van der Waals surface area contributed by atoms with E-state index in [1.807, 2.05) is 12.1 Å². The Hall–Kier alpha value is -2.60. The van der Waals surface area contributed by atoms with Gasteiger partial charge in [-0.2, -0.15) is 0 Å². The first kappa shape index (κ1) is 18.7. The summed E-state index contributed by atoms with van der Waals surface area (Å²) in [5.41, 5.74) is 0.992. The maximum atomic E-state index is 12.0. The van der Waals surface area contributed by atoms with Crippen molar-refractivity contribution in [2.75, 3.05) is 11.9 Å². The van der Waals surface area contributed by atoms with Gasteiger partial charge < -0.3 is 10.1 Å².